The Morgan fingerprint density at radius 3 is 2.29 bits per heavy atom. The van der Waals surface area contributed by atoms with Crippen LogP contribution >= 0.6 is 24.0 Å². The minimum atomic E-state index is 0. The van der Waals surface area contributed by atoms with Gasteiger partial charge in [-0.05, 0) is 13.3 Å². The van der Waals surface area contributed by atoms with Gasteiger partial charge in [0.1, 0.15) is 35.9 Å². The van der Waals surface area contributed by atoms with Crippen LogP contribution in [0.4, 0.5) is 0 Å². The normalized spacial score (nSPS) is 10.8. The van der Waals surface area contributed by atoms with Crippen LogP contribution in [0, 0.1) is 0 Å². The predicted octanol–water partition coefficient (Wildman–Crippen LogP) is 1.76. The summed E-state index contributed by atoms with van der Waals surface area (Å²) in [5, 5.41) is 10.6. The molecule has 0 atom stereocenters. The summed E-state index contributed by atoms with van der Waals surface area (Å²) in [6.07, 6.45) is 2.22. The van der Waals surface area contributed by atoms with Gasteiger partial charge in [-0.25, -0.2) is 9.98 Å². The highest BCUT2D eigenvalue weighted by atomic mass is 127. The largest absolute Gasteiger partial charge is 0.496 e. The molecular weight excluding hydrogens is 475 g/mol. The van der Waals surface area contributed by atoms with Crippen molar-refractivity contribution in [3.05, 3.63) is 29.8 Å². The third kappa shape index (κ3) is 6.43. The van der Waals surface area contributed by atoms with Crippen LogP contribution in [0.2, 0.25) is 0 Å². The van der Waals surface area contributed by atoms with Crippen molar-refractivity contribution in [2.24, 2.45) is 12.0 Å². The number of hydrogen-bond acceptors (Lipinski definition) is 6. The van der Waals surface area contributed by atoms with E-state index in [4.69, 9.17) is 14.2 Å². The Labute approximate surface area is 182 Å². The van der Waals surface area contributed by atoms with Crippen molar-refractivity contribution >= 4 is 29.9 Å². The van der Waals surface area contributed by atoms with E-state index in [9.17, 15) is 0 Å². The van der Waals surface area contributed by atoms with E-state index in [1.807, 2.05) is 26.1 Å². The van der Waals surface area contributed by atoms with E-state index < -0.39 is 0 Å². The van der Waals surface area contributed by atoms with Gasteiger partial charge in [0.05, 0.1) is 21.3 Å². The van der Waals surface area contributed by atoms with Gasteiger partial charge < -0.3 is 24.8 Å². The van der Waals surface area contributed by atoms with Gasteiger partial charge in [0, 0.05) is 37.8 Å². The van der Waals surface area contributed by atoms with Crippen molar-refractivity contribution in [3.63, 3.8) is 0 Å². The summed E-state index contributed by atoms with van der Waals surface area (Å²) < 4.78 is 18.0. The van der Waals surface area contributed by atoms with E-state index >= 15 is 0 Å². The molecule has 0 saturated heterocycles. The molecule has 0 bridgehead atoms. The number of guanidine groups is 1. The van der Waals surface area contributed by atoms with Crippen LogP contribution in [-0.4, -0.2) is 55.1 Å². The fourth-order valence-corrected chi connectivity index (χ4v) is 2.58. The van der Waals surface area contributed by atoms with Gasteiger partial charge in [0.2, 0.25) is 0 Å². The maximum Gasteiger partial charge on any atom is 0.191 e. The molecule has 0 amide bonds. The molecule has 0 unspecified atom stereocenters. The highest BCUT2D eigenvalue weighted by molar-refractivity contribution is 14.0. The number of aromatic nitrogens is 3. The fourth-order valence-electron chi connectivity index (χ4n) is 2.58. The lowest BCUT2D eigenvalue weighted by Gasteiger charge is -2.16. The zero-order chi connectivity index (χ0) is 19.6. The maximum atomic E-state index is 5.49. The number of nitrogens with one attached hydrogen (secondary N) is 2. The lowest BCUT2D eigenvalue weighted by atomic mass is 10.1. The standard InChI is InChI=1S/C18H28N6O3.HI/c1-6-19-18(21-11-17-22-12-23-24(17)2)20-8-7-14-15(26-4)9-13(25-3)10-16(14)27-5;/h9-10,12H,6-8,11H2,1-5H3,(H2,19,20,21);1H. The van der Waals surface area contributed by atoms with Gasteiger partial charge in [-0.3, -0.25) is 4.68 Å². The molecule has 10 heteroatoms. The first-order valence-corrected chi connectivity index (χ1v) is 8.76. The van der Waals surface area contributed by atoms with Gasteiger partial charge in [-0.15, -0.1) is 24.0 Å². The van der Waals surface area contributed by atoms with Crippen LogP contribution in [0.15, 0.2) is 23.5 Å². The van der Waals surface area contributed by atoms with Crippen LogP contribution in [0.3, 0.4) is 0 Å². The summed E-state index contributed by atoms with van der Waals surface area (Å²) in [5.41, 5.74) is 0.970. The average Bonchev–Trinajstić information content (AvgIpc) is 3.10. The second kappa shape index (κ2) is 12.3. The molecule has 0 saturated carbocycles. The third-order valence-corrected chi connectivity index (χ3v) is 4.01. The van der Waals surface area contributed by atoms with Crippen molar-refractivity contribution in [2.45, 2.75) is 19.9 Å². The highest BCUT2D eigenvalue weighted by Crippen LogP contribution is 2.34. The Balaban J connectivity index is 0.00000392. The lowest BCUT2D eigenvalue weighted by molar-refractivity contribution is 0.368. The predicted molar refractivity (Wildman–Crippen MR) is 119 cm³/mol. The average molecular weight is 504 g/mol. The van der Waals surface area contributed by atoms with Crippen molar-refractivity contribution < 1.29 is 14.2 Å². The Bertz CT molecular complexity index is 741. The molecule has 2 N–H and O–H groups in total. The van der Waals surface area contributed by atoms with Crippen LogP contribution in [0.25, 0.3) is 0 Å². The molecular formula is C18H29IN6O3. The van der Waals surface area contributed by atoms with Gasteiger partial charge in [-0.1, -0.05) is 0 Å². The number of ether oxygens (including phenoxy) is 3. The number of aliphatic imine (C=N–C) groups is 1. The molecule has 1 heterocycles. The first-order valence-electron chi connectivity index (χ1n) is 8.76. The van der Waals surface area contributed by atoms with Crippen molar-refractivity contribution in [2.75, 3.05) is 34.4 Å². The molecule has 0 radical (unpaired) electrons. The quantitative estimate of drug-likeness (QED) is 0.305. The van der Waals surface area contributed by atoms with Crippen molar-refractivity contribution in [3.8, 4) is 17.2 Å². The Morgan fingerprint density at radius 2 is 1.79 bits per heavy atom. The molecule has 0 aliphatic heterocycles. The second-order valence-corrected chi connectivity index (χ2v) is 5.68. The van der Waals surface area contributed by atoms with Crippen LogP contribution in [0.1, 0.15) is 18.3 Å². The molecule has 0 fully saturated rings. The molecule has 1 aromatic carbocycles. The second-order valence-electron chi connectivity index (χ2n) is 5.68. The van der Waals surface area contributed by atoms with Crippen LogP contribution in [0.5, 0.6) is 17.2 Å². The number of benzene rings is 1. The van der Waals surface area contributed by atoms with E-state index in [0.717, 1.165) is 29.4 Å². The number of halogens is 1. The maximum absolute atomic E-state index is 5.49. The zero-order valence-corrected chi connectivity index (χ0v) is 19.3. The molecule has 156 valence electrons. The molecule has 0 aliphatic rings. The van der Waals surface area contributed by atoms with E-state index in [1.165, 1.54) is 6.33 Å². The van der Waals surface area contributed by atoms with Crippen LogP contribution < -0.4 is 24.8 Å². The van der Waals surface area contributed by atoms with E-state index in [-0.39, 0.29) is 24.0 Å². The number of hydrogen-bond donors (Lipinski definition) is 2. The summed E-state index contributed by atoms with van der Waals surface area (Å²) in [6.45, 7) is 3.89. The first-order chi connectivity index (χ1) is 13.1. The van der Waals surface area contributed by atoms with Gasteiger partial charge in [-0.2, -0.15) is 5.10 Å². The molecule has 9 nitrogen and oxygen atoms in total. The molecule has 2 aromatic rings. The number of methoxy groups -OCH3 is 3. The summed E-state index contributed by atoms with van der Waals surface area (Å²) in [7, 11) is 6.74. The van der Waals surface area contributed by atoms with Gasteiger partial charge in [0.25, 0.3) is 0 Å². The van der Waals surface area contributed by atoms with Crippen LogP contribution in [-0.2, 0) is 20.0 Å². The number of rotatable bonds is 9. The Kier molecular flexibility index (Phi) is 10.4. The first kappa shape index (κ1) is 23.8. The van der Waals surface area contributed by atoms with E-state index in [0.29, 0.717) is 31.2 Å². The summed E-state index contributed by atoms with van der Waals surface area (Å²) in [4.78, 5) is 8.73. The lowest BCUT2D eigenvalue weighted by Crippen LogP contribution is -2.38. The van der Waals surface area contributed by atoms with Gasteiger partial charge in [0.15, 0.2) is 5.96 Å². The number of nitrogens with zero attached hydrogens (tertiary/aromatic N) is 4. The minimum absolute atomic E-state index is 0. The summed E-state index contributed by atoms with van der Waals surface area (Å²) in [5.74, 6) is 3.67. The summed E-state index contributed by atoms with van der Waals surface area (Å²) in [6, 6.07) is 3.70. The highest BCUT2D eigenvalue weighted by Gasteiger charge is 2.13. The van der Waals surface area contributed by atoms with Crippen molar-refractivity contribution in [1.29, 1.82) is 0 Å². The fraction of sp³-hybridized carbons (Fsp3) is 0.500. The number of aryl methyl sites for hydroxylation is 1. The SMILES string of the molecule is CCNC(=NCc1ncnn1C)NCCc1c(OC)cc(OC)cc1OC.I. The topological polar surface area (TPSA) is 94.8 Å². The Hall–Kier alpha value is -2.24. The third-order valence-electron chi connectivity index (χ3n) is 4.01. The molecule has 2 rings (SSSR count). The smallest absolute Gasteiger partial charge is 0.191 e. The van der Waals surface area contributed by atoms with Crippen molar-refractivity contribution in [1.82, 2.24) is 25.4 Å². The minimum Gasteiger partial charge on any atom is -0.496 e. The molecule has 1 aromatic heterocycles. The molecule has 28 heavy (non-hydrogen) atoms. The van der Waals surface area contributed by atoms with Gasteiger partial charge >= 0.3 is 0 Å². The summed E-state index contributed by atoms with van der Waals surface area (Å²) >= 11 is 0. The van der Waals surface area contributed by atoms with E-state index in [2.05, 4.69) is 25.7 Å². The molecule has 0 aliphatic carbocycles. The Morgan fingerprint density at radius 1 is 1.11 bits per heavy atom. The molecule has 0 spiro atoms. The van der Waals surface area contributed by atoms with E-state index in [1.54, 1.807) is 26.0 Å². The monoisotopic (exact) mass is 504 g/mol. The zero-order valence-electron chi connectivity index (χ0n) is 17.0.